The molecule has 1 amide bonds. The molecule has 1 aliphatic carbocycles. The predicted octanol–water partition coefficient (Wildman–Crippen LogP) is 3.35. The second-order valence-electron chi connectivity index (χ2n) is 5.81. The van der Waals surface area contributed by atoms with Crippen LogP contribution in [0, 0.1) is 0 Å². The third-order valence-corrected chi connectivity index (χ3v) is 3.96. The van der Waals surface area contributed by atoms with Crippen molar-refractivity contribution in [2.24, 2.45) is 0 Å². The van der Waals surface area contributed by atoms with Crippen LogP contribution in [0.2, 0.25) is 0 Å². The van der Waals surface area contributed by atoms with Crippen LogP contribution in [-0.4, -0.2) is 41.7 Å². The number of carbonyl (C=O) groups excluding carboxylic acids is 2. The number of hydrogen-bond donors (Lipinski definition) is 2. The van der Waals surface area contributed by atoms with Gasteiger partial charge in [0.2, 0.25) is 0 Å². The number of nitrogens with one attached hydrogen (secondary N) is 1. The quantitative estimate of drug-likeness (QED) is 0.214. The lowest BCUT2D eigenvalue weighted by Crippen LogP contribution is -2.63. The molecule has 1 unspecified atom stereocenters. The SMILES string of the molecule is C=CC(=O)OC(OCCC(F)(F)S)(C(=O)NC1CCCCC1)C(F)(F)F. The molecule has 5 nitrogen and oxygen atoms in total. The van der Waals surface area contributed by atoms with Crippen molar-refractivity contribution >= 4 is 24.5 Å². The Hall–Kier alpha value is -1.36. The first kappa shape index (κ1) is 22.7. The third kappa shape index (κ3) is 6.42. The minimum absolute atomic E-state index is 0.408. The molecule has 1 atom stereocenters. The molecule has 150 valence electrons. The van der Waals surface area contributed by atoms with Gasteiger partial charge in [-0.15, -0.1) is 12.6 Å². The molecule has 0 radical (unpaired) electrons. The molecule has 0 aliphatic heterocycles. The average molecular weight is 405 g/mol. The summed E-state index contributed by atoms with van der Waals surface area (Å²) in [7, 11) is 0. The minimum atomic E-state index is -5.50. The van der Waals surface area contributed by atoms with Gasteiger partial charge in [0.1, 0.15) is 0 Å². The molecule has 0 aromatic rings. The van der Waals surface area contributed by atoms with Crippen molar-refractivity contribution in [1.82, 2.24) is 5.32 Å². The van der Waals surface area contributed by atoms with E-state index in [4.69, 9.17) is 0 Å². The molecular formula is C15H20F5NO4S. The van der Waals surface area contributed by atoms with E-state index in [1.807, 2.05) is 0 Å². The van der Waals surface area contributed by atoms with Gasteiger partial charge in [0, 0.05) is 18.5 Å². The van der Waals surface area contributed by atoms with E-state index in [-0.39, 0.29) is 0 Å². The van der Waals surface area contributed by atoms with Crippen molar-refractivity contribution in [3.05, 3.63) is 12.7 Å². The first-order valence-corrected chi connectivity index (χ1v) is 8.33. The fourth-order valence-electron chi connectivity index (χ4n) is 2.44. The Bertz CT molecular complexity index is 517. The van der Waals surface area contributed by atoms with Gasteiger partial charge in [-0.05, 0) is 12.8 Å². The Morgan fingerprint density at radius 2 is 1.73 bits per heavy atom. The summed E-state index contributed by atoms with van der Waals surface area (Å²) in [6, 6.07) is -0.560. The van der Waals surface area contributed by atoms with E-state index < -0.39 is 48.2 Å². The first-order chi connectivity index (χ1) is 11.9. The zero-order chi connectivity index (χ0) is 20.0. The van der Waals surface area contributed by atoms with Crippen LogP contribution in [0.15, 0.2) is 12.7 Å². The van der Waals surface area contributed by atoms with E-state index in [1.165, 1.54) is 0 Å². The van der Waals surface area contributed by atoms with Crippen LogP contribution in [-0.2, 0) is 19.1 Å². The fourth-order valence-corrected chi connectivity index (χ4v) is 2.53. The highest BCUT2D eigenvalue weighted by Gasteiger charge is 2.66. The number of amides is 1. The molecule has 1 fully saturated rings. The Balaban J connectivity index is 3.06. The van der Waals surface area contributed by atoms with Crippen molar-refractivity contribution in [3.63, 3.8) is 0 Å². The Kier molecular flexibility index (Phi) is 7.87. The van der Waals surface area contributed by atoms with Crippen molar-refractivity contribution < 1.29 is 41.0 Å². The molecule has 1 rings (SSSR count). The van der Waals surface area contributed by atoms with Gasteiger partial charge < -0.3 is 14.8 Å². The van der Waals surface area contributed by atoms with Crippen molar-refractivity contribution in [2.75, 3.05) is 6.61 Å². The lowest BCUT2D eigenvalue weighted by Gasteiger charge is -2.35. The van der Waals surface area contributed by atoms with Crippen LogP contribution in [0.4, 0.5) is 22.0 Å². The van der Waals surface area contributed by atoms with E-state index in [9.17, 15) is 31.5 Å². The highest BCUT2D eigenvalue weighted by molar-refractivity contribution is 7.81. The van der Waals surface area contributed by atoms with Gasteiger partial charge in [-0.25, -0.2) is 4.79 Å². The van der Waals surface area contributed by atoms with Crippen LogP contribution in [0.1, 0.15) is 38.5 Å². The molecule has 0 aromatic heterocycles. The Morgan fingerprint density at radius 1 is 1.15 bits per heavy atom. The maximum atomic E-state index is 13.6. The summed E-state index contributed by atoms with van der Waals surface area (Å²) >= 11 is 2.88. The van der Waals surface area contributed by atoms with Crippen molar-refractivity contribution in [2.45, 2.75) is 61.8 Å². The largest absolute Gasteiger partial charge is 0.466 e. The lowest BCUT2D eigenvalue weighted by molar-refractivity contribution is -0.348. The minimum Gasteiger partial charge on any atom is -0.412 e. The highest BCUT2D eigenvalue weighted by atomic mass is 32.1. The summed E-state index contributed by atoms with van der Waals surface area (Å²) in [5, 5.41) is -1.48. The van der Waals surface area contributed by atoms with E-state index in [0.29, 0.717) is 31.8 Å². The number of esters is 1. The van der Waals surface area contributed by atoms with Crippen LogP contribution in [0.25, 0.3) is 0 Å². The summed E-state index contributed by atoms with van der Waals surface area (Å²) in [4.78, 5) is 23.7. The second kappa shape index (κ2) is 9.03. The summed E-state index contributed by atoms with van der Waals surface area (Å²) in [6.07, 6.45) is -3.12. The lowest BCUT2D eigenvalue weighted by atomic mass is 9.95. The van der Waals surface area contributed by atoms with Crippen LogP contribution in [0.3, 0.4) is 0 Å². The average Bonchev–Trinajstić information content (AvgIpc) is 2.52. The van der Waals surface area contributed by atoms with Gasteiger partial charge >= 0.3 is 23.8 Å². The summed E-state index contributed by atoms with van der Waals surface area (Å²) in [5.74, 6) is -7.40. The zero-order valence-electron chi connectivity index (χ0n) is 13.8. The monoisotopic (exact) mass is 405 g/mol. The number of thiol groups is 1. The number of rotatable bonds is 8. The maximum Gasteiger partial charge on any atom is 0.466 e. The summed E-state index contributed by atoms with van der Waals surface area (Å²) < 4.78 is 74.9. The summed E-state index contributed by atoms with van der Waals surface area (Å²) in [5.41, 5.74) is 0. The number of ether oxygens (including phenoxy) is 2. The van der Waals surface area contributed by atoms with Gasteiger partial charge in [0.15, 0.2) is 0 Å². The highest BCUT2D eigenvalue weighted by Crippen LogP contribution is 2.37. The van der Waals surface area contributed by atoms with Gasteiger partial charge in [0.05, 0.1) is 6.61 Å². The number of halogens is 5. The van der Waals surface area contributed by atoms with E-state index in [0.717, 1.165) is 6.42 Å². The van der Waals surface area contributed by atoms with Crippen LogP contribution in [0.5, 0.6) is 0 Å². The zero-order valence-corrected chi connectivity index (χ0v) is 14.7. The Labute approximate surface area is 152 Å². The topological polar surface area (TPSA) is 64.6 Å². The smallest absolute Gasteiger partial charge is 0.412 e. The third-order valence-electron chi connectivity index (χ3n) is 3.73. The van der Waals surface area contributed by atoms with E-state index in [1.54, 1.807) is 0 Å². The Morgan fingerprint density at radius 3 is 2.19 bits per heavy atom. The summed E-state index contributed by atoms with van der Waals surface area (Å²) in [6.45, 7) is 1.74. The fraction of sp³-hybridized carbons (Fsp3) is 0.733. The van der Waals surface area contributed by atoms with E-state index in [2.05, 4.69) is 34.0 Å². The molecule has 0 spiro atoms. The molecule has 26 heavy (non-hydrogen) atoms. The standard InChI is InChI=1S/C15H20F5NO4S/c1-2-11(22)25-14(15(18,19)20,24-9-8-13(16,17)26)12(23)21-10-6-4-3-5-7-10/h2,10,26H,1,3-9H2,(H,21,23). The molecule has 0 aromatic carbocycles. The molecule has 0 heterocycles. The van der Waals surface area contributed by atoms with Gasteiger partial charge in [-0.1, -0.05) is 25.8 Å². The maximum absolute atomic E-state index is 13.6. The molecule has 1 saturated carbocycles. The molecule has 1 N–H and O–H groups in total. The molecular weight excluding hydrogens is 385 g/mol. The van der Waals surface area contributed by atoms with Crippen molar-refractivity contribution in [3.8, 4) is 0 Å². The first-order valence-electron chi connectivity index (χ1n) is 7.88. The van der Waals surface area contributed by atoms with Crippen LogP contribution < -0.4 is 5.32 Å². The number of hydrogen-bond acceptors (Lipinski definition) is 5. The van der Waals surface area contributed by atoms with Gasteiger partial charge in [0.25, 0.3) is 5.25 Å². The second-order valence-corrected chi connectivity index (χ2v) is 6.47. The van der Waals surface area contributed by atoms with Gasteiger partial charge in [-0.3, -0.25) is 4.79 Å². The van der Waals surface area contributed by atoms with Crippen LogP contribution >= 0.6 is 12.6 Å². The number of alkyl halides is 5. The normalized spacial score (nSPS) is 18.7. The van der Waals surface area contributed by atoms with Gasteiger partial charge in [-0.2, -0.15) is 22.0 Å². The molecule has 11 heteroatoms. The number of carbonyl (C=O) groups is 2. The molecule has 0 saturated heterocycles. The van der Waals surface area contributed by atoms with E-state index >= 15 is 0 Å². The molecule has 1 aliphatic rings. The molecule has 0 bridgehead atoms. The predicted molar refractivity (Wildman–Crippen MR) is 84.6 cm³/mol. The van der Waals surface area contributed by atoms with Crippen molar-refractivity contribution in [1.29, 1.82) is 0 Å².